The zero-order chi connectivity index (χ0) is 21.4. The molecule has 2 aromatic rings. The van der Waals surface area contributed by atoms with Gasteiger partial charge in [0.05, 0.1) is 21.7 Å². The zero-order valence-corrected chi connectivity index (χ0v) is 18.3. The normalized spacial score (nSPS) is 23.2. The maximum Gasteiger partial charge on any atom is 0.183 e. The Morgan fingerprint density at radius 1 is 1.00 bits per heavy atom. The van der Waals surface area contributed by atoms with E-state index in [9.17, 15) is 21.2 Å². The Labute approximate surface area is 177 Å². The van der Waals surface area contributed by atoms with Crippen LogP contribution in [0.3, 0.4) is 0 Å². The van der Waals surface area contributed by atoms with Gasteiger partial charge in [-0.25, -0.2) is 21.2 Å². The molecular weight excluding hydrogens is 425 g/mol. The molecule has 1 aliphatic carbocycles. The lowest BCUT2D eigenvalue weighted by atomic mass is 9.92. The van der Waals surface area contributed by atoms with Crippen LogP contribution in [0.25, 0.3) is 0 Å². The molecule has 0 amide bonds. The summed E-state index contributed by atoms with van der Waals surface area (Å²) in [4.78, 5) is 0.200. The highest BCUT2D eigenvalue weighted by atomic mass is 32.2. The van der Waals surface area contributed by atoms with Crippen LogP contribution in [0.15, 0.2) is 47.4 Å². The van der Waals surface area contributed by atoms with Crippen molar-refractivity contribution in [2.75, 3.05) is 18.1 Å². The summed E-state index contributed by atoms with van der Waals surface area (Å²) in [7, 11) is -7.28. The van der Waals surface area contributed by atoms with Crippen molar-refractivity contribution in [1.29, 1.82) is 0 Å². The molecule has 8 heteroatoms. The maximum atomic E-state index is 13.8. The monoisotopic (exact) mass is 451 g/mol. The van der Waals surface area contributed by atoms with Gasteiger partial charge in [0.1, 0.15) is 5.82 Å². The van der Waals surface area contributed by atoms with Gasteiger partial charge in [0.15, 0.2) is 19.7 Å². The highest BCUT2D eigenvalue weighted by Gasteiger charge is 2.45. The van der Waals surface area contributed by atoms with Gasteiger partial charge in [0.25, 0.3) is 0 Å². The number of hydrogen-bond donors (Lipinski definition) is 1. The van der Waals surface area contributed by atoms with Crippen molar-refractivity contribution in [3.05, 3.63) is 65.0 Å². The molecule has 1 fully saturated rings. The first-order valence-corrected chi connectivity index (χ1v) is 13.7. The molecule has 2 atom stereocenters. The molecule has 5 nitrogen and oxygen atoms in total. The van der Waals surface area contributed by atoms with E-state index in [4.69, 9.17) is 0 Å². The van der Waals surface area contributed by atoms with Crippen LogP contribution in [0.5, 0.6) is 0 Å². The lowest BCUT2D eigenvalue weighted by molar-refractivity contribution is 0.523. The Kier molecular flexibility index (Phi) is 6.01. The molecule has 1 saturated heterocycles. The van der Waals surface area contributed by atoms with Crippen molar-refractivity contribution in [1.82, 2.24) is 5.32 Å². The molecule has 0 aromatic heterocycles. The molecule has 30 heavy (non-hydrogen) atoms. The number of benzene rings is 2. The molecule has 0 bridgehead atoms. The second kappa shape index (κ2) is 8.40. The van der Waals surface area contributed by atoms with Crippen LogP contribution in [-0.2, 0) is 38.9 Å². The van der Waals surface area contributed by atoms with Crippen LogP contribution in [-0.4, -0.2) is 46.2 Å². The summed E-state index contributed by atoms with van der Waals surface area (Å²) < 4.78 is 65.1. The van der Waals surface area contributed by atoms with Crippen LogP contribution in [0.1, 0.15) is 29.5 Å². The average molecular weight is 452 g/mol. The molecule has 1 heterocycles. The quantitative estimate of drug-likeness (QED) is 0.730. The smallest absolute Gasteiger partial charge is 0.183 e. The van der Waals surface area contributed by atoms with Gasteiger partial charge in [-0.3, -0.25) is 0 Å². The Morgan fingerprint density at radius 3 is 2.50 bits per heavy atom. The number of hydrogen-bond acceptors (Lipinski definition) is 5. The molecule has 0 saturated carbocycles. The first-order valence-electron chi connectivity index (χ1n) is 10.3. The summed E-state index contributed by atoms with van der Waals surface area (Å²) in [6.45, 7) is 0.303. The van der Waals surface area contributed by atoms with E-state index < -0.39 is 31.0 Å². The van der Waals surface area contributed by atoms with Gasteiger partial charge in [0, 0.05) is 6.04 Å². The summed E-state index contributed by atoms with van der Waals surface area (Å²) >= 11 is 0. The molecule has 162 valence electrons. The minimum Gasteiger partial charge on any atom is -0.311 e. The SMILES string of the molecule is O=S1(=O)C[C@H](NCCc2ccccc2F)[C@@H](S(=O)(=O)c2ccc3c(c2)CCCC3)C1. The molecule has 0 radical (unpaired) electrons. The molecule has 1 N–H and O–H groups in total. The summed E-state index contributed by atoms with van der Waals surface area (Å²) in [5.74, 6) is -0.931. The summed E-state index contributed by atoms with van der Waals surface area (Å²) in [6, 6.07) is 10.9. The van der Waals surface area contributed by atoms with Crippen molar-refractivity contribution < 1.29 is 21.2 Å². The Balaban J connectivity index is 1.53. The van der Waals surface area contributed by atoms with E-state index in [1.54, 1.807) is 30.3 Å². The fourth-order valence-corrected chi connectivity index (χ4v) is 9.23. The summed E-state index contributed by atoms with van der Waals surface area (Å²) in [5, 5.41) is 2.04. The van der Waals surface area contributed by atoms with Gasteiger partial charge < -0.3 is 5.32 Å². The van der Waals surface area contributed by atoms with Gasteiger partial charge >= 0.3 is 0 Å². The Bertz CT molecular complexity index is 1150. The molecule has 2 aliphatic rings. The van der Waals surface area contributed by atoms with E-state index in [0.717, 1.165) is 31.2 Å². The first-order chi connectivity index (χ1) is 14.3. The van der Waals surface area contributed by atoms with E-state index in [2.05, 4.69) is 5.32 Å². The molecule has 1 aliphatic heterocycles. The van der Waals surface area contributed by atoms with Gasteiger partial charge in [-0.15, -0.1) is 0 Å². The van der Waals surface area contributed by atoms with Crippen LogP contribution < -0.4 is 5.32 Å². The Hall–Kier alpha value is -1.77. The minimum absolute atomic E-state index is 0.200. The highest BCUT2D eigenvalue weighted by Crippen LogP contribution is 2.29. The van der Waals surface area contributed by atoms with Crippen molar-refractivity contribution in [3.63, 3.8) is 0 Å². The maximum absolute atomic E-state index is 13.8. The summed E-state index contributed by atoms with van der Waals surface area (Å²) in [5.41, 5.74) is 2.74. The second-order valence-electron chi connectivity index (χ2n) is 8.20. The largest absolute Gasteiger partial charge is 0.311 e. The van der Waals surface area contributed by atoms with E-state index in [1.165, 1.54) is 11.6 Å². The van der Waals surface area contributed by atoms with Gasteiger partial charge in [0.2, 0.25) is 0 Å². The molecule has 2 aromatic carbocycles. The third-order valence-electron chi connectivity index (χ3n) is 6.11. The van der Waals surface area contributed by atoms with Gasteiger partial charge in [-0.1, -0.05) is 24.3 Å². The van der Waals surface area contributed by atoms with Gasteiger partial charge in [-0.2, -0.15) is 0 Å². The topological polar surface area (TPSA) is 80.3 Å². The Morgan fingerprint density at radius 2 is 1.73 bits per heavy atom. The number of rotatable bonds is 6. The number of nitrogens with one attached hydrogen (secondary N) is 1. The van der Waals surface area contributed by atoms with Crippen molar-refractivity contribution in [3.8, 4) is 0 Å². The van der Waals surface area contributed by atoms with Crippen molar-refractivity contribution in [2.24, 2.45) is 0 Å². The minimum atomic E-state index is -3.81. The number of halogens is 1. The first kappa shape index (κ1) is 21.5. The number of sulfone groups is 2. The predicted octanol–water partition coefficient (Wildman–Crippen LogP) is 2.48. The number of fused-ring (bicyclic) bond motifs is 1. The average Bonchev–Trinajstić information content (AvgIpc) is 3.04. The lowest BCUT2D eigenvalue weighted by Gasteiger charge is -2.22. The zero-order valence-electron chi connectivity index (χ0n) is 16.7. The van der Waals surface area contributed by atoms with Crippen LogP contribution in [0.2, 0.25) is 0 Å². The van der Waals surface area contributed by atoms with E-state index in [0.29, 0.717) is 18.5 Å². The lowest BCUT2D eigenvalue weighted by Crippen LogP contribution is -2.44. The molecule has 0 unspecified atom stereocenters. The van der Waals surface area contributed by atoms with Crippen LogP contribution >= 0.6 is 0 Å². The fourth-order valence-electron chi connectivity index (χ4n) is 4.47. The number of aryl methyl sites for hydroxylation is 2. The van der Waals surface area contributed by atoms with E-state index in [-0.39, 0.29) is 22.2 Å². The molecular formula is C22H26FNO4S2. The predicted molar refractivity (Wildman–Crippen MR) is 115 cm³/mol. The van der Waals surface area contributed by atoms with Crippen molar-refractivity contribution >= 4 is 19.7 Å². The van der Waals surface area contributed by atoms with Gasteiger partial charge in [-0.05, 0) is 73.5 Å². The second-order valence-corrected chi connectivity index (χ2v) is 12.5. The highest BCUT2D eigenvalue weighted by molar-refractivity contribution is 7.96. The fraction of sp³-hybridized carbons (Fsp3) is 0.455. The van der Waals surface area contributed by atoms with E-state index in [1.807, 2.05) is 6.07 Å². The van der Waals surface area contributed by atoms with Crippen LogP contribution in [0.4, 0.5) is 4.39 Å². The van der Waals surface area contributed by atoms with Crippen molar-refractivity contribution in [2.45, 2.75) is 48.3 Å². The third-order valence-corrected chi connectivity index (χ3v) is 10.3. The molecule has 4 rings (SSSR count). The third kappa shape index (κ3) is 4.45. The van der Waals surface area contributed by atoms with Crippen LogP contribution in [0, 0.1) is 5.82 Å². The molecule has 0 spiro atoms. The summed E-state index contributed by atoms with van der Waals surface area (Å²) in [6.07, 6.45) is 4.30. The standard InChI is InChI=1S/C22H26FNO4S2/c23-20-8-4-3-6-17(20)11-12-24-21-14-29(25,26)15-22(21)30(27,28)19-10-9-16-5-1-2-7-18(16)13-19/h3-4,6,8-10,13,21-22,24H,1-2,5,7,11-12,14-15H2/t21-,22-/m0/s1. The van der Waals surface area contributed by atoms with E-state index >= 15 is 0 Å².